The number of nitrogens with zero attached hydrogens (tertiary/aromatic N) is 3. The second-order valence-corrected chi connectivity index (χ2v) is 6.05. The van der Waals surface area contributed by atoms with E-state index in [1.54, 1.807) is 6.20 Å². The van der Waals surface area contributed by atoms with Crippen molar-refractivity contribution in [3.8, 4) is 11.3 Å². The van der Waals surface area contributed by atoms with Gasteiger partial charge in [-0.05, 0) is 23.8 Å². The summed E-state index contributed by atoms with van der Waals surface area (Å²) in [6, 6.07) is 18.1. The van der Waals surface area contributed by atoms with Gasteiger partial charge in [-0.15, -0.1) is 0 Å². The Bertz CT molecular complexity index is 1010. The molecule has 4 aromatic rings. The van der Waals surface area contributed by atoms with Crippen molar-refractivity contribution in [1.82, 2.24) is 14.5 Å². The standard InChI is InChI=1S/C19H15ClN4/c20-14-6-7-15-16(17-8-9-22-19(21)23-17)12-24(18(15)10-14)11-13-4-2-1-3-5-13/h1-10,12H,11H2,(H2,21,22,23). The third kappa shape index (κ3) is 2.72. The lowest BCUT2D eigenvalue weighted by Crippen LogP contribution is -1.97. The molecule has 0 aliphatic rings. The van der Waals surface area contributed by atoms with Gasteiger partial charge in [-0.1, -0.05) is 48.0 Å². The van der Waals surface area contributed by atoms with Gasteiger partial charge in [-0.2, -0.15) is 0 Å². The maximum absolute atomic E-state index is 6.22. The first kappa shape index (κ1) is 14.7. The minimum Gasteiger partial charge on any atom is -0.368 e. The number of aromatic nitrogens is 3. The van der Waals surface area contributed by atoms with Crippen LogP contribution in [0.1, 0.15) is 5.56 Å². The molecule has 118 valence electrons. The number of nitrogens with two attached hydrogens (primary N) is 1. The lowest BCUT2D eigenvalue weighted by atomic mass is 10.1. The molecule has 2 N–H and O–H groups in total. The van der Waals surface area contributed by atoms with Crippen LogP contribution in [-0.2, 0) is 6.54 Å². The molecule has 4 rings (SSSR count). The third-order valence-electron chi connectivity index (χ3n) is 3.99. The summed E-state index contributed by atoms with van der Waals surface area (Å²) in [6.45, 7) is 0.762. The molecule has 2 heterocycles. The number of fused-ring (bicyclic) bond motifs is 1. The zero-order valence-corrected chi connectivity index (χ0v) is 13.6. The molecule has 0 unspecified atom stereocenters. The summed E-state index contributed by atoms with van der Waals surface area (Å²) in [5, 5.41) is 1.80. The van der Waals surface area contributed by atoms with Crippen LogP contribution in [0.3, 0.4) is 0 Å². The summed E-state index contributed by atoms with van der Waals surface area (Å²) in [5.41, 5.74) is 9.86. The fraction of sp³-hybridized carbons (Fsp3) is 0.0526. The second-order valence-electron chi connectivity index (χ2n) is 5.62. The van der Waals surface area contributed by atoms with Crippen molar-refractivity contribution in [2.45, 2.75) is 6.54 Å². The van der Waals surface area contributed by atoms with Gasteiger partial charge in [0, 0.05) is 34.9 Å². The Labute approximate surface area is 144 Å². The van der Waals surface area contributed by atoms with Crippen LogP contribution in [0.15, 0.2) is 67.0 Å². The highest BCUT2D eigenvalue weighted by molar-refractivity contribution is 6.31. The monoisotopic (exact) mass is 334 g/mol. The summed E-state index contributed by atoms with van der Waals surface area (Å²) in [5.74, 6) is 0.269. The predicted molar refractivity (Wildman–Crippen MR) is 97.9 cm³/mol. The van der Waals surface area contributed by atoms with E-state index in [1.165, 1.54) is 5.56 Å². The maximum atomic E-state index is 6.22. The number of hydrogen-bond acceptors (Lipinski definition) is 3. The van der Waals surface area contributed by atoms with Gasteiger partial charge < -0.3 is 10.3 Å². The normalized spacial score (nSPS) is 11.0. The van der Waals surface area contributed by atoms with Gasteiger partial charge in [0.2, 0.25) is 5.95 Å². The van der Waals surface area contributed by atoms with Crippen molar-refractivity contribution in [3.63, 3.8) is 0 Å². The molecular formula is C19H15ClN4. The van der Waals surface area contributed by atoms with Crippen LogP contribution in [-0.4, -0.2) is 14.5 Å². The molecule has 24 heavy (non-hydrogen) atoms. The first-order chi connectivity index (χ1) is 11.7. The molecule has 0 bridgehead atoms. The Morgan fingerprint density at radius 3 is 2.67 bits per heavy atom. The number of rotatable bonds is 3. The van der Waals surface area contributed by atoms with Gasteiger partial charge in [0.25, 0.3) is 0 Å². The van der Waals surface area contributed by atoms with Crippen LogP contribution in [0.5, 0.6) is 0 Å². The molecule has 2 aromatic carbocycles. The van der Waals surface area contributed by atoms with Gasteiger partial charge in [-0.3, -0.25) is 0 Å². The average Bonchev–Trinajstić information content (AvgIpc) is 2.94. The van der Waals surface area contributed by atoms with Crippen LogP contribution >= 0.6 is 11.6 Å². The SMILES string of the molecule is Nc1nccc(-c2cn(Cc3ccccc3)c3cc(Cl)ccc23)n1. The van der Waals surface area contributed by atoms with Gasteiger partial charge in [-0.25, -0.2) is 9.97 Å². The quantitative estimate of drug-likeness (QED) is 0.604. The molecule has 0 amide bonds. The highest BCUT2D eigenvalue weighted by Gasteiger charge is 2.12. The van der Waals surface area contributed by atoms with Crippen LogP contribution < -0.4 is 5.73 Å². The number of benzene rings is 2. The van der Waals surface area contributed by atoms with Crippen molar-refractivity contribution in [3.05, 3.63) is 77.6 Å². The van der Waals surface area contributed by atoms with Crippen LogP contribution in [0.2, 0.25) is 5.02 Å². The van der Waals surface area contributed by atoms with Crippen LogP contribution in [0.4, 0.5) is 5.95 Å². The van der Waals surface area contributed by atoms with Gasteiger partial charge in [0.05, 0.1) is 11.2 Å². The molecular weight excluding hydrogens is 320 g/mol. The topological polar surface area (TPSA) is 56.7 Å². The highest BCUT2D eigenvalue weighted by atomic mass is 35.5. The van der Waals surface area contributed by atoms with E-state index in [4.69, 9.17) is 17.3 Å². The lowest BCUT2D eigenvalue weighted by molar-refractivity contribution is 0.837. The summed E-state index contributed by atoms with van der Waals surface area (Å²) in [6.07, 6.45) is 3.77. The molecule has 0 radical (unpaired) electrons. The molecule has 0 aliphatic heterocycles. The Hall–Kier alpha value is -2.85. The van der Waals surface area contributed by atoms with Crippen molar-refractivity contribution < 1.29 is 0 Å². The largest absolute Gasteiger partial charge is 0.368 e. The summed E-state index contributed by atoms with van der Waals surface area (Å²) in [4.78, 5) is 8.33. The molecule has 0 fully saturated rings. The Balaban J connectivity index is 1.89. The van der Waals surface area contributed by atoms with Gasteiger partial charge in [0.15, 0.2) is 0 Å². The Morgan fingerprint density at radius 1 is 1.04 bits per heavy atom. The zero-order chi connectivity index (χ0) is 16.5. The minimum atomic E-state index is 0.269. The Kier molecular flexibility index (Phi) is 3.67. The van der Waals surface area contributed by atoms with E-state index in [1.807, 2.05) is 42.5 Å². The number of halogens is 1. The fourth-order valence-corrected chi connectivity index (χ4v) is 3.07. The number of nitrogen functional groups attached to an aromatic ring is 1. The smallest absolute Gasteiger partial charge is 0.220 e. The van der Waals surface area contributed by atoms with Crippen LogP contribution in [0.25, 0.3) is 22.2 Å². The summed E-state index contributed by atoms with van der Waals surface area (Å²) >= 11 is 6.22. The predicted octanol–water partition coefficient (Wildman–Crippen LogP) is 4.38. The molecule has 5 heteroatoms. The van der Waals surface area contributed by atoms with E-state index in [0.29, 0.717) is 5.02 Å². The summed E-state index contributed by atoms with van der Waals surface area (Å²) in [7, 11) is 0. The van der Waals surface area contributed by atoms with E-state index in [0.717, 1.165) is 28.7 Å². The highest BCUT2D eigenvalue weighted by Crippen LogP contribution is 2.32. The first-order valence-electron chi connectivity index (χ1n) is 7.62. The van der Waals surface area contributed by atoms with Gasteiger partial charge >= 0.3 is 0 Å². The van der Waals surface area contributed by atoms with Gasteiger partial charge in [0.1, 0.15) is 0 Å². The molecule has 0 aliphatic carbocycles. The second kappa shape index (κ2) is 5.98. The minimum absolute atomic E-state index is 0.269. The van der Waals surface area contributed by atoms with E-state index in [2.05, 4.69) is 32.9 Å². The molecule has 4 nitrogen and oxygen atoms in total. The van der Waals surface area contributed by atoms with Crippen molar-refractivity contribution in [1.29, 1.82) is 0 Å². The number of hydrogen-bond donors (Lipinski definition) is 1. The van der Waals surface area contributed by atoms with E-state index >= 15 is 0 Å². The average molecular weight is 335 g/mol. The Morgan fingerprint density at radius 2 is 1.88 bits per heavy atom. The zero-order valence-electron chi connectivity index (χ0n) is 12.9. The molecule has 0 saturated carbocycles. The summed E-state index contributed by atoms with van der Waals surface area (Å²) < 4.78 is 2.18. The van der Waals surface area contributed by atoms with E-state index in [-0.39, 0.29) is 5.95 Å². The molecule has 0 spiro atoms. The maximum Gasteiger partial charge on any atom is 0.220 e. The third-order valence-corrected chi connectivity index (χ3v) is 4.23. The van der Waals surface area contributed by atoms with Crippen molar-refractivity contribution in [2.24, 2.45) is 0 Å². The number of anilines is 1. The van der Waals surface area contributed by atoms with E-state index < -0.39 is 0 Å². The molecule has 2 aromatic heterocycles. The molecule has 0 atom stereocenters. The molecule has 0 saturated heterocycles. The van der Waals surface area contributed by atoms with Crippen molar-refractivity contribution >= 4 is 28.5 Å². The van der Waals surface area contributed by atoms with E-state index in [9.17, 15) is 0 Å². The van der Waals surface area contributed by atoms with Crippen LogP contribution in [0, 0.1) is 0 Å². The first-order valence-corrected chi connectivity index (χ1v) is 8.00. The van der Waals surface area contributed by atoms with Crippen molar-refractivity contribution in [2.75, 3.05) is 5.73 Å². The fourth-order valence-electron chi connectivity index (χ4n) is 2.90. The lowest BCUT2D eigenvalue weighted by Gasteiger charge is -2.05.